The van der Waals surface area contributed by atoms with E-state index in [1.165, 1.54) is 0 Å². The average molecular weight is 499 g/mol. The van der Waals surface area contributed by atoms with Crippen molar-refractivity contribution >= 4 is 33.9 Å². The predicted octanol–water partition coefficient (Wildman–Crippen LogP) is 5.49. The van der Waals surface area contributed by atoms with Crippen LogP contribution in [-0.2, 0) is 16.5 Å². The molecule has 2 aromatic carbocycles. The maximum Gasteiger partial charge on any atom is 0.354 e. The van der Waals surface area contributed by atoms with Crippen LogP contribution in [0.15, 0.2) is 57.0 Å². The van der Waals surface area contributed by atoms with Gasteiger partial charge in [0.05, 0.1) is 4.90 Å². The molecule has 0 aliphatic heterocycles. The van der Waals surface area contributed by atoms with Crippen molar-refractivity contribution < 1.29 is 9.00 Å². The normalized spacial score (nSPS) is 13.6. The molecule has 0 heterocycles. The van der Waals surface area contributed by atoms with E-state index in [-0.39, 0.29) is 11.8 Å². The van der Waals surface area contributed by atoms with Crippen LogP contribution < -0.4 is 15.9 Å². The van der Waals surface area contributed by atoms with Gasteiger partial charge in [-0.25, -0.2) is 14.1 Å². The van der Waals surface area contributed by atoms with E-state index in [1.807, 2.05) is 50.2 Å². The van der Waals surface area contributed by atoms with Gasteiger partial charge in [-0.05, 0) is 84.9 Å². The molecule has 0 bridgehead atoms. The van der Waals surface area contributed by atoms with Gasteiger partial charge in [-0.3, -0.25) is 5.43 Å². The summed E-state index contributed by atoms with van der Waals surface area (Å²) in [4.78, 5) is 15.3. The monoisotopic (exact) mass is 498 g/mol. The first-order valence-electron chi connectivity index (χ1n) is 11.5. The summed E-state index contributed by atoms with van der Waals surface area (Å²) in [6.45, 7) is 14.4. The zero-order chi connectivity index (χ0) is 26.3. The Kier molecular flexibility index (Phi) is 9.76. The van der Waals surface area contributed by atoms with Crippen LogP contribution in [0.5, 0.6) is 0 Å². The van der Waals surface area contributed by atoms with Gasteiger partial charge in [0.25, 0.3) is 0 Å². The summed E-state index contributed by atoms with van der Waals surface area (Å²) in [5, 5.41) is 12.6. The fourth-order valence-electron chi connectivity index (χ4n) is 3.66. The van der Waals surface area contributed by atoms with E-state index in [0.29, 0.717) is 10.6 Å². The summed E-state index contributed by atoms with van der Waals surface area (Å²) in [5.41, 5.74) is 8.36. The Morgan fingerprint density at radius 3 is 2.11 bits per heavy atom. The largest absolute Gasteiger partial charge is 0.354 e. The Morgan fingerprint density at radius 1 is 1.11 bits per heavy atom. The highest BCUT2D eigenvalue weighted by molar-refractivity contribution is 7.91. The number of hydrogen-bond donors (Lipinski definition) is 3. The molecule has 0 fully saturated rings. The molecule has 2 aromatic rings. The van der Waals surface area contributed by atoms with Crippen LogP contribution >= 0.6 is 0 Å². The summed E-state index contributed by atoms with van der Waals surface area (Å²) >= 11 is 0. The van der Waals surface area contributed by atoms with Gasteiger partial charge >= 0.3 is 6.03 Å². The minimum atomic E-state index is -3.41. The van der Waals surface area contributed by atoms with E-state index < -0.39 is 15.9 Å². The van der Waals surface area contributed by atoms with E-state index in [9.17, 15) is 9.00 Å². The van der Waals surface area contributed by atoms with Crippen LogP contribution in [0.25, 0.3) is 5.57 Å². The molecule has 1 atom stereocenters. The lowest BCUT2D eigenvalue weighted by Crippen LogP contribution is -2.19. The molecule has 4 N–H and O–H groups in total. The molecule has 9 heteroatoms. The fraction of sp³-hybridized carbons (Fsp3) is 0.385. The van der Waals surface area contributed by atoms with Gasteiger partial charge in [-0.15, -0.1) is 4.36 Å². The quantitative estimate of drug-likeness (QED) is 0.313. The van der Waals surface area contributed by atoms with Gasteiger partial charge in [-0.2, -0.15) is 5.10 Å². The Balaban J connectivity index is 2.47. The van der Waals surface area contributed by atoms with Gasteiger partial charge in [0.2, 0.25) is 0 Å². The first kappa shape index (κ1) is 28.2. The van der Waals surface area contributed by atoms with Crippen LogP contribution in [0.4, 0.5) is 10.5 Å². The van der Waals surface area contributed by atoms with Crippen LogP contribution in [0.3, 0.4) is 0 Å². The molecular formula is C26H38N6O2S. The molecule has 1 unspecified atom stereocenters. The number of urea groups is 1. The number of nitrogens with one attached hydrogen (secondary N) is 2. The number of carbonyl (C=O) groups excluding carboxylic acids is 1. The number of nitrogens with zero attached hydrogens (tertiary/aromatic N) is 3. The van der Waals surface area contributed by atoms with Crippen molar-refractivity contribution in [1.29, 1.82) is 0 Å². The van der Waals surface area contributed by atoms with Crippen molar-refractivity contribution in [3.63, 3.8) is 0 Å². The summed E-state index contributed by atoms with van der Waals surface area (Å²) < 4.78 is 17.0. The molecule has 0 saturated carbocycles. The van der Waals surface area contributed by atoms with Crippen molar-refractivity contribution in [2.24, 2.45) is 14.6 Å². The first-order valence-corrected chi connectivity index (χ1v) is 13.1. The molecule has 0 saturated heterocycles. The number of hydrazone groups is 1. The van der Waals surface area contributed by atoms with Crippen LogP contribution in [0.2, 0.25) is 0 Å². The number of carbonyl (C=O) groups is 1. The van der Waals surface area contributed by atoms with E-state index >= 15 is 0 Å². The molecule has 35 heavy (non-hydrogen) atoms. The molecule has 2 amide bonds. The molecule has 0 radical (unpaired) electrons. The van der Waals surface area contributed by atoms with Gasteiger partial charge in [-0.1, -0.05) is 39.8 Å². The van der Waals surface area contributed by atoms with Crippen molar-refractivity contribution in [3.8, 4) is 0 Å². The lowest BCUT2D eigenvalue weighted by molar-refractivity contribution is 0.260. The Labute approximate surface area is 210 Å². The first-order chi connectivity index (χ1) is 16.4. The fourth-order valence-corrected chi connectivity index (χ4v) is 4.58. The molecule has 190 valence electrons. The van der Waals surface area contributed by atoms with Crippen molar-refractivity contribution in [3.05, 3.63) is 64.9 Å². The van der Waals surface area contributed by atoms with E-state index in [1.54, 1.807) is 18.3 Å². The van der Waals surface area contributed by atoms with Crippen LogP contribution in [0.1, 0.15) is 68.7 Å². The number of rotatable bonds is 9. The minimum absolute atomic E-state index is 0.118. The zero-order valence-electron chi connectivity index (χ0n) is 21.8. The van der Waals surface area contributed by atoms with Crippen LogP contribution in [-0.4, -0.2) is 36.0 Å². The summed E-state index contributed by atoms with van der Waals surface area (Å²) in [7, 11) is 0.529. The van der Waals surface area contributed by atoms with Crippen molar-refractivity contribution in [2.45, 2.75) is 57.9 Å². The summed E-state index contributed by atoms with van der Waals surface area (Å²) in [6, 6.07) is 10.3. The highest BCUT2D eigenvalue weighted by atomic mass is 32.2. The SMILES string of the molecule is C=NN/C=C(\C)c1cc(C(C)C)c(NC(=O)N=S(N)(=O)c2ccc(CN(C)C)cc2)c(C(C)C)c1. The maximum absolute atomic E-state index is 13.1. The lowest BCUT2D eigenvalue weighted by atomic mass is 9.88. The third-order valence-electron chi connectivity index (χ3n) is 5.48. The van der Waals surface area contributed by atoms with Gasteiger partial charge in [0, 0.05) is 25.1 Å². The number of nitrogens with two attached hydrogens (primary N) is 1. The smallest absolute Gasteiger partial charge is 0.305 e. The molecule has 0 aliphatic carbocycles. The number of hydrogen-bond acceptors (Lipinski definition) is 5. The molecular weight excluding hydrogens is 460 g/mol. The van der Waals surface area contributed by atoms with Crippen LogP contribution in [0, 0.1) is 0 Å². The predicted molar refractivity (Wildman–Crippen MR) is 147 cm³/mol. The second-order valence-corrected chi connectivity index (χ2v) is 11.2. The number of benzene rings is 2. The van der Waals surface area contributed by atoms with Gasteiger partial charge < -0.3 is 10.2 Å². The Bertz CT molecular complexity index is 1180. The highest BCUT2D eigenvalue weighted by Gasteiger charge is 2.19. The van der Waals surface area contributed by atoms with E-state index in [0.717, 1.165) is 34.4 Å². The molecule has 0 aromatic heterocycles. The molecule has 2 rings (SSSR count). The Morgan fingerprint density at radius 2 is 1.66 bits per heavy atom. The van der Waals surface area contributed by atoms with Crippen molar-refractivity contribution in [2.75, 3.05) is 19.4 Å². The molecule has 0 spiro atoms. The highest BCUT2D eigenvalue weighted by Crippen LogP contribution is 2.36. The minimum Gasteiger partial charge on any atom is -0.305 e. The number of amides is 2. The third kappa shape index (κ3) is 7.74. The van der Waals surface area contributed by atoms with E-state index in [4.69, 9.17) is 5.14 Å². The number of allylic oxidation sites excluding steroid dienone is 1. The second-order valence-electron chi connectivity index (χ2n) is 9.43. The van der Waals surface area contributed by atoms with E-state index in [2.05, 4.69) is 54.6 Å². The Hall–Kier alpha value is -3.01. The summed E-state index contributed by atoms with van der Waals surface area (Å²) in [6.07, 6.45) is 1.78. The van der Waals surface area contributed by atoms with Gasteiger partial charge in [0.1, 0.15) is 9.92 Å². The molecule has 8 nitrogen and oxygen atoms in total. The van der Waals surface area contributed by atoms with Crippen molar-refractivity contribution in [1.82, 2.24) is 10.3 Å². The average Bonchev–Trinajstić information content (AvgIpc) is 2.76. The maximum atomic E-state index is 13.1. The van der Waals surface area contributed by atoms with Gasteiger partial charge in [0.15, 0.2) is 0 Å². The third-order valence-corrected chi connectivity index (χ3v) is 6.87. The lowest BCUT2D eigenvalue weighted by Gasteiger charge is -2.22. The second kappa shape index (κ2) is 12.1. The summed E-state index contributed by atoms with van der Waals surface area (Å²) in [5.74, 6) is 0.236. The molecule has 0 aliphatic rings. The topological polar surface area (TPSA) is 112 Å². The zero-order valence-corrected chi connectivity index (χ0v) is 22.6. The number of anilines is 1. The standard InChI is InChI=1S/C26H38N6O2S/c1-17(2)23-13-21(19(5)15-29-28-6)14-24(18(3)4)25(23)30-26(33)31-35(27,34)22-11-9-20(10-12-22)16-32(7)8/h9-15,17-18,29H,6,16H2,1-5,7-8H3,(H3,27,30,31,33,34)/b19-15+.